The molecule has 186 valence electrons. The van der Waals surface area contributed by atoms with E-state index in [-0.39, 0.29) is 0 Å². The summed E-state index contributed by atoms with van der Waals surface area (Å²) in [6.07, 6.45) is 11.5. The Bertz CT molecular complexity index is 1400. The third-order valence-electron chi connectivity index (χ3n) is 6.24. The molecular weight excluding hydrogens is 444 g/mol. The summed E-state index contributed by atoms with van der Waals surface area (Å²) in [5.41, 5.74) is 14.1. The van der Waals surface area contributed by atoms with Gasteiger partial charge in [-0.25, -0.2) is 9.50 Å². The number of aryl methyl sites for hydroxylation is 1. The lowest BCUT2D eigenvalue weighted by Gasteiger charge is -2.08. The van der Waals surface area contributed by atoms with Gasteiger partial charge in [-0.05, 0) is 55.6 Å². The molecule has 3 N–H and O–H groups in total. The Hall–Kier alpha value is -3.61. The van der Waals surface area contributed by atoms with Gasteiger partial charge in [0.25, 0.3) is 0 Å². The number of nitrogens with zero attached hydrogens (tertiary/aromatic N) is 4. The molecule has 5 aromatic rings. The van der Waals surface area contributed by atoms with Gasteiger partial charge in [0.05, 0.1) is 11.7 Å². The molecule has 0 unspecified atom stereocenters. The van der Waals surface area contributed by atoms with Gasteiger partial charge < -0.3 is 11.1 Å². The number of fused-ring (bicyclic) bond motifs is 2. The quantitative estimate of drug-likeness (QED) is 0.260. The molecule has 0 aliphatic rings. The number of pyridine rings is 1. The van der Waals surface area contributed by atoms with Crippen LogP contribution in [-0.4, -0.2) is 32.7 Å². The molecule has 36 heavy (non-hydrogen) atoms. The van der Waals surface area contributed by atoms with E-state index in [1.54, 1.807) is 0 Å². The fraction of sp³-hybridized carbons (Fsp3) is 0.300. The van der Waals surface area contributed by atoms with E-state index in [1.807, 2.05) is 47.5 Å². The lowest BCUT2D eigenvalue weighted by molar-refractivity contribution is 0.633. The second-order valence-electron chi connectivity index (χ2n) is 9.01. The predicted octanol–water partition coefficient (Wildman–Crippen LogP) is 6.16. The molecule has 0 bridgehead atoms. The summed E-state index contributed by atoms with van der Waals surface area (Å²) in [5.74, 6) is 0. The van der Waals surface area contributed by atoms with E-state index in [1.165, 1.54) is 37.9 Å². The lowest BCUT2D eigenvalue weighted by Crippen LogP contribution is -2.15. The van der Waals surface area contributed by atoms with Crippen molar-refractivity contribution in [3.8, 4) is 22.3 Å². The third kappa shape index (κ3) is 5.78. The second-order valence-corrected chi connectivity index (χ2v) is 9.01. The van der Waals surface area contributed by atoms with Crippen LogP contribution in [-0.2, 0) is 6.54 Å². The summed E-state index contributed by atoms with van der Waals surface area (Å²) < 4.78 is 1.84. The first kappa shape index (κ1) is 25.5. The summed E-state index contributed by atoms with van der Waals surface area (Å²) >= 11 is 0. The van der Waals surface area contributed by atoms with Crippen molar-refractivity contribution >= 4 is 16.6 Å². The fourth-order valence-corrected chi connectivity index (χ4v) is 4.20. The molecule has 0 aliphatic heterocycles. The molecule has 5 rings (SSSR count). The standard InChI is InChI=1S/C23H19N5.C7H17N/c1-15-5-7-16(8-6-15)18-12-26-23-21(13-27-28(23)14-18)19-9-10-25-22-17(11-24)3-2-4-20(19)22;1-3-5-7-8-6-4-2/h2-10,12-14H,11,24H2,1H3;8H,3-7H2,1-2H3. The van der Waals surface area contributed by atoms with Crippen LogP contribution in [0.2, 0.25) is 0 Å². The molecule has 0 aliphatic carbocycles. The predicted molar refractivity (Wildman–Crippen MR) is 150 cm³/mol. The van der Waals surface area contributed by atoms with Crippen LogP contribution in [0.3, 0.4) is 0 Å². The van der Waals surface area contributed by atoms with Crippen LogP contribution in [0.1, 0.15) is 44.2 Å². The number of benzene rings is 2. The van der Waals surface area contributed by atoms with E-state index in [2.05, 4.69) is 66.5 Å². The normalized spacial score (nSPS) is 11.0. The lowest BCUT2D eigenvalue weighted by atomic mass is 10.0. The molecule has 0 saturated heterocycles. The molecule has 0 spiro atoms. The topological polar surface area (TPSA) is 81.1 Å². The number of rotatable bonds is 8. The second kappa shape index (κ2) is 12.4. The van der Waals surface area contributed by atoms with Crippen molar-refractivity contribution in [3.05, 3.63) is 84.4 Å². The third-order valence-corrected chi connectivity index (χ3v) is 6.24. The number of nitrogens with two attached hydrogens (primary N) is 1. The average molecular weight is 481 g/mol. The van der Waals surface area contributed by atoms with Crippen molar-refractivity contribution < 1.29 is 0 Å². The molecule has 6 heteroatoms. The summed E-state index contributed by atoms with van der Waals surface area (Å²) in [6, 6.07) is 16.5. The van der Waals surface area contributed by atoms with Crippen molar-refractivity contribution in [2.75, 3.05) is 13.1 Å². The first-order valence-corrected chi connectivity index (χ1v) is 12.8. The number of aromatic nitrogens is 4. The highest BCUT2D eigenvalue weighted by Crippen LogP contribution is 2.31. The van der Waals surface area contributed by atoms with Crippen LogP contribution in [0.15, 0.2) is 73.3 Å². The largest absolute Gasteiger partial charge is 0.326 e. The Kier molecular flexibility index (Phi) is 8.76. The Morgan fingerprint density at radius 3 is 2.44 bits per heavy atom. The van der Waals surface area contributed by atoms with E-state index in [9.17, 15) is 0 Å². The highest BCUT2D eigenvalue weighted by Gasteiger charge is 2.13. The van der Waals surface area contributed by atoms with E-state index in [4.69, 9.17) is 10.7 Å². The van der Waals surface area contributed by atoms with Crippen molar-refractivity contribution in [1.82, 2.24) is 24.9 Å². The average Bonchev–Trinajstić information content (AvgIpc) is 3.34. The molecule has 2 aromatic carbocycles. The summed E-state index contributed by atoms with van der Waals surface area (Å²) in [6.45, 7) is 9.33. The van der Waals surface area contributed by atoms with Gasteiger partial charge in [0.1, 0.15) is 0 Å². The van der Waals surface area contributed by atoms with Gasteiger partial charge in [0.2, 0.25) is 0 Å². The van der Waals surface area contributed by atoms with Gasteiger partial charge in [-0.15, -0.1) is 0 Å². The molecule has 0 saturated carbocycles. The van der Waals surface area contributed by atoms with E-state index in [0.29, 0.717) is 6.54 Å². The zero-order valence-electron chi connectivity index (χ0n) is 21.5. The van der Waals surface area contributed by atoms with Crippen LogP contribution in [0, 0.1) is 6.92 Å². The maximum atomic E-state index is 5.89. The molecule has 6 nitrogen and oxygen atoms in total. The Labute approximate surface area is 213 Å². The number of hydrogen-bond acceptors (Lipinski definition) is 5. The van der Waals surface area contributed by atoms with Crippen molar-refractivity contribution in [3.63, 3.8) is 0 Å². The maximum Gasteiger partial charge on any atom is 0.162 e. The first-order chi connectivity index (χ1) is 17.7. The molecule has 0 radical (unpaired) electrons. The van der Waals surface area contributed by atoms with E-state index >= 15 is 0 Å². The number of hydrogen-bond donors (Lipinski definition) is 2. The molecule has 0 amide bonds. The van der Waals surface area contributed by atoms with Gasteiger partial charge in [0.15, 0.2) is 5.65 Å². The van der Waals surface area contributed by atoms with Gasteiger partial charge in [0, 0.05) is 41.6 Å². The molecule has 0 atom stereocenters. The molecule has 3 heterocycles. The van der Waals surface area contributed by atoms with Crippen molar-refractivity contribution in [2.45, 2.75) is 46.6 Å². The number of unbranched alkanes of at least 4 members (excludes halogenated alkanes) is 1. The minimum atomic E-state index is 0.459. The highest BCUT2D eigenvalue weighted by molar-refractivity contribution is 5.98. The van der Waals surface area contributed by atoms with Crippen LogP contribution in [0.25, 0.3) is 38.8 Å². The number of nitrogens with one attached hydrogen (secondary N) is 1. The van der Waals surface area contributed by atoms with Crippen LogP contribution >= 0.6 is 0 Å². The first-order valence-electron chi connectivity index (χ1n) is 12.8. The van der Waals surface area contributed by atoms with Gasteiger partial charge in [-0.3, -0.25) is 4.98 Å². The van der Waals surface area contributed by atoms with Gasteiger partial charge >= 0.3 is 0 Å². The minimum absolute atomic E-state index is 0.459. The van der Waals surface area contributed by atoms with Crippen molar-refractivity contribution in [2.24, 2.45) is 5.73 Å². The van der Waals surface area contributed by atoms with Crippen LogP contribution < -0.4 is 11.1 Å². The van der Waals surface area contributed by atoms with E-state index in [0.717, 1.165) is 44.4 Å². The Balaban J connectivity index is 0.000000331. The summed E-state index contributed by atoms with van der Waals surface area (Å²) in [7, 11) is 0. The molecular formula is C30H36N6. The summed E-state index contributed by atoms with van der Waals surface area (Å²) in [4.78, 5) is 9.26. The Morgan fingerprint density at radius 1 is 0.861 bits per heavy atom. The summed E-state index contributed by atoms with van der Waals surface area (Å²) in [5, 5.41) is 8.95. The molecule has 3 aromatic heterocycles. The van der Waals surface area contributed by atoms with Gasteiger partial charge in [-0.1, -0.05) is 68.3 Å². The zero-order valence-corrected chi connectivity index (χ0v) is 21.5. The van der Waals surface area contributed by atoms with E-state index < -0.39 is 0 Å². The monoisotopic (exact) mass is 480 g/mol. The smallest absolute Gasteiger partial charge is 0.162 e. The Morgan fingerprint density at radius 2 is 1.69 bits per heavy atom. The van der Waals surface area contributed by atoms with Crippen LogP contribution in [0.4, 0.5) is 0 Å². The van der Waals surface area contributed by atoms with Crippen molar-refractivity contribution in [1.29, 1.82) is 0 Å². The van der Waals surface area contributed by atoms with Crippen LogP contribution in [0.5, 0.6) is 0 Å². The highest BCUT2D eigenvalue weighted by atomic mass is 15.2. The SMILES string of the molecule is CCCCNCCC.Cc1ccc(-c2cnc3c(-c4ccnc5c(CN)cccc45)cnn3c2)cc1. The minimum Gasteiger partial charge on any atom is -0.326 e. The maximum absolute atomic E-state index is 5.89. The number of para-hydroxylation sites is 1. The fourth-order valence-electron chi connectivity index (χ4n) is 4.20. The zero-order chi connectivity index (χ0) is 25.3. The molecule has 0 fully saturated rings. The van der Waals surface area contributed by atoms with Gasteiger partial charge in [-0.2, -0.15) is 5.10 Å².